The van der Waals surface area contributed by atoms with Crippen LogP contribution in [-0.4, -0.2) is 53.0 Å². The minimum Gasteiger partial charge on any atom is -0.462 e. The molecule has 3 heterocycles. The summed E-state index contributed by atoms with van der Waals surface area (Å²) in [6.45, 7) is 6.10. The third-order valence-electron chi connectivity index (χ3n) is 5.59. The lowest BCUT2D eigenvalue weighted by atomic mass is 9.93. The lowest BCUT2D eigenvalue weighted by Crippen LogP contribution is -2.47. The second kappa shape index (κ2) is 9.30. The molecule has 4 rings (SSSR count). The highest BCUT2D eigenvalue weighted by Crippen LogP contribution is 2.37. The number of ether oxygens (including phenoxy) is 2. The molecule has 0 radical (unpaired) electrons. The average Bonchev–Trinajstić information content (AvgIpc) is 3.11. The third kappa shape index (κ3) is 4.71. The normalized spacial score (nSPS) is 15.7. The number of hydrogen-bond acceptors (Lipinski definition) is 8. The molecule has 0 bridgehead atoms. The van der Waals surface area contributed by atoms with Crippen LogP contribution in [-0.2, 0) is 16.0 Å². The molecular formula is C23H27N3O4S. The lowest BCUT2D eigenvalue weighted by molar-refractivity contribution is -0.0580. The van der Waals surface area contributed by atoms with Crippen molar-refractivity contribution in [2.75, 3.05) is 31.3 Å². The molecule has 7 nitrogen and oxygen atoms in total. The van der Waals surface area contributed by atoms with Crippen LogP contribution in [0, 0.1) is 6.92 Å². The SMILES string of the molecule is CCOC(=O)c1sc2ncnc(N(Cc3ccccc3)CC3(O)CCOCC3)c2c1C. The van der Waals surface area contributed by atoms with Gasteiger partial charge in [-0.3, -0.25) is 0 Å². The van der Waals surface area contributed by atoms with E-state index in [1.807, 2.05) is 25.1 Å². The minimum absolute atomic E-state index is 0.320. The Labute approximate surface area is 185 Å². The van der Waals surface area contributed by atoms with Crippen LogP contribution in [0.3, 0.4) is 0 Å². The predicted octanol–water partition coefficient (Wildman–Crippen LogP) is 3.72. The van der Waals surface area contributed by atoms with Crippen molar-refractivity contribution in [3.63, 3.8) is 0 Å². The Morgan fingerprint density at radius 1 is 1.26 bits per heavy atom. The molecule has 1 aliphatic rings. The van der Waals surface area contributed by atoms with Crippen LogP contribution in [0.4, 0.5) is 5.82 Å². The largest absolute Gasteiger partial charge is 0.462 e. The smallest absolute Gasteiger partial charge is 0.348 e. The van der Waals surface area contributed by atoms with Crippen LogP contribution in [0.1, 0.15) is 40.6 Å². The fourth-order valence-electron chi connectivity index (χ4n) is 3.96. The Kier molecular flexibility index (Phi) is 6.50. The number of carbonyl (C=O) groups excluding carboxylic acids is 1. The predicted molar refractivity (Wildman–Crippen MR) is 121 cm³/mol. The highest BCUT2D eigenvalue weighted by Gasteiger charge is 2.34. The molecule has 0 amide bonds. The molecule has 0 atom stereocenters. The summed E-state index contributed by atoms with van der Waals surface area (Å²) in [5, 5.41) is 12.1. The van der Waals surface area contributed by atoms with Gasteiger partial charge in [0.1, 0.15) is 21.9 Å². The van der Waals surface area contributed by atoms with Gasteiger partial charge >= 0.3 is 5.97 Å². The Morgan fingerprint density at radius 3 is 2.71 bits per heavy atom. The number of thiophene rings is 1. The molecule has 0 aliphatic carbocycles. The summed E-state index contributed by atoms with van der Waals surface area (Å²) >= 11 is 1.32. The Morgan fingerprint density at radius 2 is 2.00 bits per heavy atom. The number of aromatic nitrogens is 2. The van der Waals surface area contributed by atoms with E-state index in [0.29, 0.717) is 50.6 Å². The van der Waals surface area contributed by atoms with E-state index in [-0.39, 0.29) is 5.97 Å². The summed E-state index contributed by atoms with van der Waals surface area (Å²) in [5.74, 6) is 0.379. The van der Waals surface area contributed by atoms with Crippen molar-refractivity contribution < 1.29 is 19.4 Å². The van der Waals surface area contributed by atoms with Gasteiger partial charge in [0.15, 0.2) is 0 Å². The number of aliphatic hydroxyl groups is 1. The van der Waals surface area contributed by atoms with Crippen LogP contribution in [0.5, 0.6) is 0 Å². The number of carbonyl (C=O) groups is 1. The highest BCUT2D eigenvalue weighted by molar-refractivity contribution is 7.20. The van der Waals surface area contributed by atoms with Crippen LogP contribution in [0.2, 0.25) is 0 Å². The quantitative estimate of drug-likeness (QED) is 0.559. The van der Waals surface area contributed by atoms with Crippen LogP contribution < -0.4 is 4.90 Å². The van der Waals surface area contributed by atoms with Gasteiger partial charge in [0.25, 0.3) is 0 Å². The minimum atomic E-state index is -0.863. The molecule has 164 valence electrons. The molecule has 1 N–H and O–H groups in total. The first-order valence-corrected chi connectivity index (χ1v) is 11.3. The number of anilines is 1. The van der Waals surface area contributed by atoms with E-state index >= 15 is 0 Å². The Hall–Kier alpha value is -2.55. The molecule has 0 spiro atoms. The number of rotatable bonds is 7. The molecule has 0 saturated carbocycles. The second-order valence-corrected chi connectivity index (χ2v) is 8.83. The number of nitrogens with zero attached hydrogens (tertiary/aromatic N) is 3. The maximum atomic E-state index is 12.4. The fraction of sp³-hybridized carbons (Fsp3) is 0.435. The number of esters is 1. The van der Waals surface area contributed by atoms with Gasteiger partial charge in [-0.05, 0) is 25.0 Å². The van der Waals surface area contributed by atoms with E-state index in [1.165, 1.54) is 17.7 Å². The monoisotopic (exact) mass is 441 g/mol. The van der Waals surface area contributed by atoms with Gasteiger partial charge in [0.2, 0.25) is 0 Å². The van der Waals surface area contributed by atoms with Gasteiger partial charge in [-0.25, -0.2) is 14.8 Å². The van der Waals surface area contributed by atoms with E-state index in [4.69, 9.17) is 9.47 Å². The van der Waals surface area contributed by atoms with Crippen LogP contribution in [0.15, 0.2) is 36.7 Å². The zero-order valence-corrected chi connectivity index (χ0v) is 18.7. The second-order valence-electron chi connectivity index (χ2n) is 7.83. The van der Waals surface area contributed by atoms with Crippen molar-refractivity contribution in [2.45, 2.75) is 38.8 Å². The van der Waals surface area contributed by atoms with E-state index in [1.54, 1.807) is 6.92 Å². The molecule has 1 fully saturated rings. The molecule has 31 heavy (non-hydrogen) atoms. The van der Waals surface area contributed by atoms with Crippen molar-refractivity contribution in [3.05, 3.63) is 52.7 Å². The van der Waals surface area contributed by atoms with E-state index in [9.17, 15) is 9.90 Å². The summed E-state index contributed by atoms with van der Waals surface area (Å²) < 4.78 is 10.7. The molecule has 1 aliphatic heterocycles. The van der Waals surface area contributed by atoms with Crippen LogP contribution in [0.25, 0.3) is 10.2 Å². The number of fused-ring (bicyclic) bond motifs is 1. The molecule has 3 aromatic rings. The molecule has 1 saturated heterocycles. The average molecular weight is 442 g/mol. The zero-order chi connectivity index (χ0) is 21.8. The summed E-state index contributed by atoms with van der Waals surface area (Å²) in [6, 6.07) is 10.1. The van der Waals surface area contributed by atoms with Gasteiger partial charge < -0.3 is 19.5 Å². The van der Waals surface area contributed by atoms with E-state index < -0.39 is 5.60 Å². The highest BCUT2D eigenvalue weighted by atomic mass is 32.1. The summed E-state index contributed by atoms with van der Waals surface area (Å²) in [5.41, 5.74) is 1.06. The maximum Gasteiger partial charge on any atom is 0.348 e. The van der Waals surface area contributed by atoms with Crippen molar-refractivity contribution in [2.24, 2.45) is 0 Å². The lowest BCUT2D eigenvalue weighted by Gasteiger charge is -2.37. The van der Waals surface area contributed by atoms with Crippen molar-refractivity contribution in [3.8, 4) is 0 Å². The number of benzene rings is 1. The molecule has 1 aromatic carbocycles. The van der Waals surface area contributed by atoms with Crippen molar-refractivity contribution in [1.29, 1.82) is 0 Å². The third-order valence-corrected chi connectivity index (χ3v) is 6.77. The topological polar surface area (TPSA) is 84.8 Å². The van der Waals surface area contributed by atoms with E-state index in [0.717, 1.165) is 27.2 Å². The summed E-state index contributed by atoms with van der Waals surface area (Å²) in [4.78, 5) is 24.8. The van der Waals surface area contributed by atoms with Gasteiger partial charge in [-0.1, -0.05) is 30.3 Å². The first-order valence-electron chi connectivity index (χ1n) is 10.5. The first-order chi connectivity index (χ1) is 15.0. The first kappa shape index (κ1) is 21.7. The van der Waals surface area contributed by atoms with Gasteiger partial charge in [0.05, 0.1) is 17.6 Å². The standard InChI is InChI=1S/C23H27N3O4S/c1-3-30-22(27)19-16(2)18-20(24-15-25-21(18)31-19)26(13-17-7-5-4-6-8-17)14-23(28)9-11-29-12-10-23/h4-8,15,28H,3,9-14H2,1-2H3. The fourth-order valence-corrected chi connectivity index (χ4v) is 5.00. The van der Waals surface area contributed by atoms with Gasteiger partial charge in [0, 0.05) is 39.1 Å². The zero-order valence-electron chi connectivity index (χ0n) is 17.8. The Balaban J connectivity index is 1.77. The molecular weight excluding hydrogens is 414 g/mol. The maximum absolute atomic E-state index is 12.4. The summed E-state index contributed by atoms with van der Waals surface area (Å²) in [7, 11) is 0. The molecule has 8 heteroatoms. The van der Waals surface area contributed by atoms with Crippen molar-refractivity contribution in [1.82, 2.24) is 9.97 Å². The van der Waals surface area contributed by atoms with Gasteiger partial charge in [-0.2, -0.15) is 0 Å². The van der Waals surface area contributed by atoms with Gasteiger partial charge in [-0.15, -0.1) is 11.3 Å². The number of aryl methyl sites for hydroxylation is 1. The molecule has 2 aromatic heterocycles. The molecule has 0 unspecified atom stereocenters. The Bertz CT molecular complexity index is 1050. The van der Waals surface area contributed by atoms with Crippen LogP contribution >= 0.6 is 11.3 Å². The summed E-state index contributed by atoms with van der Waals surface area (Å²) in [6.07, 6.45) is 2.67. The van der Waals surface area contributed by atoms with E-state index in [2.05, 4.69) is 27.0 Å². The number of hydrogen-bond donors (Lipinski definition) is 1. The van der Waals surface area contributed by atoms with Crippen molar-refractivity contribution >= 4 is 33.3 Å².